The van der Waals surface area contributed by atoms with Crippen molar-refractivity contribution >= 4 is 0 Å². The van der Waals surface area contributed by atoms with Crippen LogP contribution in [0.1, 0.15) is 74.7 Å². The average Bonchev–Trinajstić information content (AvgIpc) is 2.07. The van der Waals surface area contributed by atoms with Gasteiger partial charge in [-0.1, -0.05) is 55.4 Å². The molecule has 0 heterocycles. The lowest BCUT2D eigenvalue weighted by molar-refractivity contribution is 0.195. The molecule has 3 unspecified atom stereocenters. The molecule has 0 radical (unpaired) electrons. The molecule has 0 aliphatic rings. The highest BCUT2D eigenvalue weighted by atomic mass is 14.6. The largest absolute Gasteiger partial charge is 0.330 e. The van der Waals surface area contributed by atoms with Crippen LogP contribution in [0.4, 0.5) is 0 Å². The highest BCUT2D eigenvalue weighted by molar-refractivity contribution is 4.77. The number of rotatable bonds is 6. The van der Waals surface area contributed by atoms with Gasteiger partial charge in [-0.05, 0) is 54.4 Å². The van der Waals surface area contributed by atoms with E-state index in [0.29, 0.717) is 16.7 Å². The minimum atomic E-state index is 0.417. The standard InChI is InChI=1S/C17H37N/c1-13(10-16(3,4)5)9-15(12-18)14(2)11-17(6,7)8/h13-15H,9-12,18H2,1-8H3. The SMILES string of the molecule is CC(CC(CN)C(C)CC(C)(C)C)CC(C)(C)C. The zero-order valence-electron chi connectivity index (χ0n) is 14.1. The van der Waals surface area contributed by atoms with E-state index in [1.54, 1.807) is 0 Å². The fraction of sp³-hybridized carbons (Fsp3) is 1.00. The van der Waals surface area contributed by atoms with Gasteiger partial charge in [0.25, 0.3) is 0 Å². The zero-order valence-corrected chi connectivity index (χ0v) is 14.1. The predicted molar refractivity (Wildman–Crippen MR) is 83.6 cm³/mol. The highest BCUT2D eigenvalue weighted by Crippen LogP contribution is 2.34. The van der Waals surface area contributed by atoms with E-state index in [2.05, 4.69) is 55.4 Å². The van der Waals surface area contributed by atoms with E-state index in [1.165, 1.54) is 19.3 Å². The minimum absolute atomic E-state index is 0.417. The molecule has 0 amide bonds. The van der Waals surface area contributed by atoms with E-state index >= 15 is 0 Å². The van der Waals surface area contributed by atoms with Crippen LogP contribution in [-0.2, 0) is 0 Å². The van der Waals surface area contributed by atoms with Gasteiger partial charge in [0, 0.05) is 0 Å². The molecule has 18 heavy (non-hydrogen) atoms. The Morgan fingerprint density at radius 2 is 1.28 bits per heavy atom. The minimum Gasteiger partial charge on any atom is -0.330 e. The van der Waals surface area contributed by atoms with Crippen molar-refractivity contribution in [2.45, 2.75) is 74.7 Å². The van der Waals surface area contributed by atoms with Crippen LogP contribution in [-0.4, -0.2) is 6.54 Å². The second-order valence-electron chi connectivity index (χ2n) is 8.84. The average molecular weight is 255 g/mol. The summed E-state index contributed by atoms with van der Waals surface area (Å²) < 4.78 is 0. The van der Waals surface area contributed by atoms with Crippen molar-refractivity contribution in [3.63, 3.8) is 0 Å². The van der Waals surface area contributed by atoms with E-state index in [-0.39, 0.29) is 0 Å². The van der Waals surface area contributed by atoms with Crippen LogP contribution in [0.25, 0.3) is 0 Å². The lowest BCUT2D eigenvalue weighted by Gasteiger charge is -2.32. The summed E-state index contributed by atoms with van der Waals surface area (Å²) in [6.45, 7) is 19.6. The molecule has 110 valence electrons. The van der Waals surface area contributed by atoms with Crippen LogP contribution in [0.5, 0.6) is 0 Å². The summed E-state index contributed by atoms with van der Waals surface area (Å²) in [5.74, 6) is 2.19. The van der Waals surface area contributed by atoms with Gasteiger partial charge in [-0.15, -0.1) is 0 Å². The smallest absolute Gasteiger partial charge is 0.00462 e. The number of hydrogen-bond acceptors (Lipinski definition) is 1. The molecular formula is C17H37N. The van der Waals surface area contributed by atoms with Crippen LogP contribution >= 0.6 is 0 Å². The third-order valence-electron chi connectivity index (χ3n) is 3.71. The summed E-state index contributed by atoms with van der Waals surface area (Å²) in [5.41, 5.74) is 6.86. The van der Waals surface area contributed by atoms with E-state index in [4.69, 9.17) is 5.73 Å². The maximum Gasteiger partial charge on any atom is -0.00462 e. The fourth-order valence-electron chi connectivity index (χ4n) is 3.34. The van der Waals surface area contributed by atoms with Gasteiger partial charge in [-0.25, -0.2) is 0 Å². The Balaban J connectivity index is 4.33. The van der Waals surface area contributed by atoms with Gasteiger partial charge in [0.05, 0.1) is 0 Å². The topological polar surface area (TPSA) is 26.0 Å². The van der Waals surface area contributed by atoms with Crippen molar-refractivity contribution in [1.82, 2.24) is 0 Å². The van der Waals surface area contributed by atoms with Crippen molar-refractivity contribution in [1.29, 1.82) is 0 Å². The lowest BCUT2D eigenvalue weighted by atomic mass is 9.74. The summed E-state index contributed by atoms with van der Waals surface area (Å²) in [4.78, 5) is 0. The maximum atomic E-state index is 6.00. The summed E-state index contributed by atoms with van der Waals surface area (Å²) in [5, 5.41) is 0. The molecule has 0 bridgehead atoms. The molecule has 2 N–H and O–H groups in total. The first-order chi connectivity index (χ1) is 7.94. The Morgan fingerprint density at radius 1 is 0.833 bits per heavy atom. The van der Waals surface area contributed by atoms with Crippen molar-refractivity contribution < 1.29 is 0 Å². The van der Waals surface area contributed by atoms with Crippen molar-refractivity contribution in [3.8, 4) is 0 Å². The van der Waals surface area contributed by atoms with Gasteiger partial charge < -0.3 is 5.73 Å². The maximum absolute atomic E-state index is 6.00. The van der Waals surface area contributed by atoms with Crippen molar-refractivity contribution in [3.05, 3.63) is 0 Å². The van der Waals surface area contributed by atoms with E-state index in [0.717, 1.165) is 18.4 Å². The van der Waals surface area contributed by atoms with Gasteiger partial charge in [-0.3, -0.25) is 0 Å². The molecule has 3 atom stereocenters. The predicted octanol–water partition coefficient (Wildman–Crippen LogP) is 5.10. The van der Waals surface area contributed by atoms with E-state index in [1.807, 2.05) is 0 Å². The second kappa shape index (κ2) is 6.93. The number of hydrogen-bond donors (Lipinski definition) is 1. The summed E-state index contributed by atoms with van der Waals surface area (Å²) >= 11 is 0. The molecular weight excluding hydrogens is 218 g/mol. The Kier molecular flexibility index (Phi) is 6.92. The Bertz CT molecular complexity index is 219. The Hall–Kier alpha value is -0.0400. The second-order valence-corrected chi connectivity index (χ2v) is 8.84. The zero-order chi connectivity index (χ0) is 14.6. The first-order valence-corrected chi connectivity index (χ1v) is 7.64. The lowest BCUT2D eigenvalue weighted by Crippen LogP contribution is -2.27. The monoisotopic (exact) mass is 255 g/mol. The normalized spacial score (nSPS) is 18.5. The van der Waals surface area contributed by atoms with Gasteiger partial charge >= 0.3 is 0 Å². The van der Waals surface area contributed by atoms with Gasteiger partial charge in [-0.2, -0.15) is 0 Å². The third kappa shape index (κ3) is 8.97. The quantitative estimate of drug-likeness (QED) is 0.702. The molecule has 0 aliphatic heterocycles. The van der Waals surface area contributed by atoms with Crippen LogP contribution in [0.2, 0.25) is 0 Å². The third-order valence-corrected chi connectivity index (χ3v) is 3.71. The summed E-state index contributed by atoms with van der Waals surface area (Å²) in [6, 6.07) is 0. The van der Waals surface area contributed by atoms with Gasteiger partial charge in [0.15, 0.2) is 0 Å². The van der Waals surface area contributed by atoms with Gasteiger partial charge in [0.1, 0.15) is 0 Å². The van der Waals surface area contributed by atoms with Crippen LogP contribution in [0.3, 0.4) is 0 Å². The van der Waals surface area contributed by atoms with Crippen LogP contribution in [0, 0.1) is 28.6 Å². The Morgan fingerprint density at radius 3 is 1.61 bits per heavy atom. The van der Waals surface area contributed by atoms with Crippen molar-refractivity contribution in [2.24, 2.45) is 34.3 Å². The molecule has 0 aliphatic carbocycles. The molecule has 0 rings (SSSR count). The molecule has 0 aromatic heterocycles. The van der Waals surface area contributed by atoms with Crippen molar-refractivity contribution in [2.75, 3.05) is 6.54 Å². The first-order valence-electron chi connectivity index (χ1n) is 7.64. The molecule has 1 nitrogen and oxygen atoms in total. The molecule has 0 aromatic rings. The molecule has 0 saturated heterocycles. The van der Waals surface area contributed by atoms with Gasteiger partial charge in [0.2, 0.25) is 0 Å². The molecule has 1 heteroatoms. The molecule has 0 aromatic carbocycles. The molecule has 0 spiro atoms. The Labute approximate surface area is 116 Å². The fourth-order valence-corrected chi connectivity index (χ4v) is 3.34. The number of nitrogens with two attached hydrogens (primary N) is 1. The summed E-state index contributed by atoms with van der Waals surface area (Å²) in [6.07, 6.45) is 3.86. The molecule has 0 saturated carbocycles. The first kappa shape index (κ1) is 18.0. The summed E-state index contributed by atoms with van der Waals surface area (Å²) in [7, 11) is 0. The van der Waals surface area contributed by atoms with Crippen LogP contribution in [0.15, 0.2) is 0 Å². The van der Waals surface area contributed by atoms with E-state index in [9.17, 15) is 0 Å². The highest BCUT2D eigenvalue weighted by Gasteiger charge is 2.25. The van der Waals surface area contributed by atoms with Crippen LogP contribution < -0.4 is 5.73 Å². The van der Waals surface area contributed by atoms with E-state index < -0.39 is 0 Å². The molecule has 0 fully saturated rings.